The molecule has 0 aliphatic heterocycles. The van der Waals surface area contributed by atoms with E-state index in [9.17, 15) is 15.0 Å². The Hall–Kier alpha value is -2.75. The number of rotatable bonds is 5. The van der Waals surface area contributed by atoms with Gasteiger partial charge in [0.2, 0.25) is 0 Å². The minimum absolute atomic E-state index is 0.164. The lowest BCUT2D eigenvalue weighted by atomic mass is 10.0. The maximum absolute atomic E-state index is 11.6. The van der Waals surface area contributed by atoms with E-state index in [4.69, 9.17) is 4.74 Å². The normalized spacial score (nSPS) is 11.2. The Morgan fingerprint density at radius 2 is 1.95 bits per heavy atom. The van der Waals surface area contributed by atoms with Crippen LogP contribution >= 0.6 is 0 Å². The topological polar surface area (TPSA) is 69.6 Å². The lowest BCUT2D eigenvalue weighted by Crippen LogP contribution is -2.01. The van der Waals surface area contributed by atoms with E-state index in [1.165, 1.54) is 12.1 Å². The zero-order valence-electron chi connectivity index (χ0n) is 11.6. The van der Waals surface area contributed by atoms with Gasteiger partial charge in [-0.15, -0.1) is 0 Å². The van der Waals surface area contributed by atoms with E-state index >= 15 is 0 Å². The summed E-state index contributed by atoms with van der Waals surface area (Å²) in [5.74, 6) is -1.01. The van der Waals surface area contributed by atoms with Crippen molar-refractivity contribution in [1.29, 1.82) is 0 Å². The van der Waals surface area contributed by atoms with Crippen LogP contribution in [-0.4, -0.2) is 17.7 Å². The lowest BCUT2D eigenvalue weighted by molar-refractivity contribution is -0.270. The van der Waals surface area contributed by atoms with Crippen LogP contribution in [0.2, 0.25) is 0 Å². The molecule has 21 heavy (non-hydrogen) atoms. The molecule has 0 amide bonds. The van der Waals surface area contributed by atoms with Crippen molar-refractivity contribution in [3.63, 3.8) is 0 Å². The molecule has 0 aromatic heterocycles. The highest BCUT2D eigenvalue weighted by Crippen LogP contribution is 2.27. The van der Waals surface area contributed by atoms with Crippen molar-refractivity contribution in [2.24, 2.45) is 0 Å². The van der Waals surface area contributed by atoms with Crippen LogP contribution in [0.25, 0.3) is 11.6 Å². The van der Waals surface area contributed by atoms with Crippen molar-refractivity contribution in [2.45, 2.75) is 6.92 Å². The molecule has 2 aromatic rings. The van der Waals surface area contributed by atoms with Gasteiger partial charge in [0.15, 0.2) is 0 Å². The molecule has 0 aliphatic rings. The van der Waals surface area contributed by atoms with Gasteiger partial charge in [-0.05, 0) is 30.2 Å². The van der Waals surface area contributed by atoms with Gasteiger partial charge in [-0.1, -0.05) is 48.2 Å². The molecule has 0 bridgehead atoms. The Kier molecular flexibility index (Phi) is 4.61. The van der Waals surface area contributed by atoms with Crippen molar-refractivity contribution in [3.05, 3.63) is 59.7 Å². The molecule has 0 aliphatic carbocycles. The predicted octanol–water partition coefficient (Wildman–Crippen LogP) is 2.78. The molecule has 2 aromatic carbocycles. The fraction of sp³-hybridized carbons (Fsp3) is 0.118. The van der Waals surface area contributed by atoms with E-state index in [2.05, 4.69) is 0 Å². The summed E-state index contributed by atoms with van der Waals surface area (Å²) in [7, 11) is 0. The number of aliphatic carboxylic acids is 1. The van der Waals surface area contributed by atoms with Crippen molar-refractivity contribution in [1.82, 2.24) is 0 Å². The van der Waals surface area contributed by atoms with Crippen LogP contribution < -0.4 is 9.84 Å². The summed E-state index contributed by atoms with van der Waals surface area (Å²) in [6, 6.07) is 13.3. The van der Waals surface area contributed by atoms with Gasteiger partial charge in [0, 0.05) is 0 Å². The molecule has 0 radical (unpaired) electrons. The van der Waals surface area contributed by atoms with Crippen LogP contribution in [0.5, 0.6) is 11.5 Å². The second-order valence-electron chi connectivity index (χ2n) is 4.37. The molecule has 0 spiro atoms. The van der Waals surface area contributed by atoms with Crippen LogP contribution in [0, 0.1) is 0 Å². The Morgan fingerprint density at radius 3 is 2.57 bits per heavy atom. The Morgan fingerprint density at radius 1 is 1.24 bits per heavy atom. The minimum Gasteiger partial charge on any atom is -0.870 e. The summed E-state index contributed by atoms with van der Waals surface area (Å²) in [6.45, 7) is 2.17. The van der Waals surface area contributed by atoms with Crippen LogP contribution in [0.1, 0.15) is 18.1 Å². The largest absolute Gasteiger partial charge is 0.870 e. The van der Waals surface area contributed by atoms with Crippen LogP contribution in [0.4, 0.5) is 0 Å². The van der Waals surface area contributed by atoms with E-state index in [1.807, 2.05) is 6.07 Å². The first kappa shape index (κ1) is 14.7. The Balaban J connectivity index is 2.44. The summed E-state index contributed by atoms with van der Waals surface area (Å²) in [4.78, 5) is 11.4. The summed E-state index contributed by atoms with van der Waals surface area (Å²) in [6.07, 6.45) is 1.53. The third-order valence-electron chi connectivity index (χ3n) is 2.89. The van der Waals surface area contributed by atoms with Crippen molar-refractivity contribution < 1.29 is 19.7 Å². The first-order valence-corrected chi connectivity index (χ1v) is 6.56. The quantitative estimate of drug-likeness (QED) is 0.676. The Labute approximate surface area is 122 Å². The number of hydrogen-bond donors (Lipinski definition) is 1. The van der Waals surface area contributed by atoms with Crippen molar-refractivity contribution in [3.8, 4) is 11.5 Å². The fourth-order valence-electron chi connectivity index (χ4n) is 1.94. The molecule has 108 valence electrons. The minimum atomic E-state index is -1.02. The average Bonchev–Trinajstić information content (AvgIpc) is 2.48. The van der Waals surface area contributed by atoms with Gasteiger partial charge in [0.05, 0.1) is 12.2 Å². The van der Waals surface area contributed by atoms with Gasteiger partial charge in [0.25, 0.3) is 0 Å². The van der Waals surface area contributed by atoms with Crippen LogP contribution in [0.15, 0.2) is 48.5 Å². The maximum Gasteiger partial charge on any atom is 0.336 e. The van der Waals surface area contributed by atoms with E-state index in [0.29, 0.717) is 17.7 Å². The monoisotopic (exact) mass is 283 g/mol. The van der Waals surface area contributed by atoms with E-state index in [0.717, 1.165) is 0 Å². The lowest BCUT2D eigenvalue weighted by Gasteiger charge is -2.14. The molecular formula is C17H15O4-. The zero-order valence-corrected chi connectivity index (χ0v) is 11.6. The van der Waals surface area contributed by atoms with Gasteiger partial charge in [-0.25, -0.2) is 4.79 Å². The predicted molar refractivity (Wildman–Crippen MR) is 79.0 cm³/mol. The Bertz CT molecular complexity index is 660. The molecule has 0 unspecified atom stereocenters. The highest BCUT2D eigenvalue weighted by atomic mass is 16.5. The molecule has 0 atom stereocenters. The molecular weight excluding hydrogens is 268 g/mol. The van der Waals surface area contributed by atoms with Crippen molar-refractivity contribution >= 4 is 17.6 Å². The molecule has 0 heterocycles. The van der Waals surface area contributed by atoms with E-state index < -0.39 is 5.97 Å². The number of carboxylic acid groups (broad SMARTS) is 1. The van der Waals surface area contributed by atoms with Gasteiger partial charge >= 0.3 is 5.97 Å². The van der Waals surface area contributed by atoms with Crippen LogP contribution in [0.3, 0.4) is 0 Å². The second kappa shape index (κ2) is 6.61. The summed E-state index contributed by atoms with van der Waals surface area (Å²) in [5.41, 5.74) is 1.38. The first-order chi connectivity index (χ1) is 10.1. The third kappa shape index (κ3) is 3.63. The molecule has 0 fully saturated rings. The highest BCUT2D eigenvalue weighted by Gasteiger charge is 2.10. The number of benzene rings is 2. The fourth-order valence-corrected chi connectivity index (χ4v) is 1.94. The second-order valence-corrected chi connectivity index (χ2v) is 4.37. The molecule has 0 saturated carbocycles. The standard InChI is InChI=1S/C17H16O4/c1-2-21-16-11-12(8-9-15(16)18)10-14(17(19)20)13-6-4-3-5-7-13/h3-11,18H,2H2,1H3,(H,19,20)/p-1/b14-10-. The average molecular weight is 283 g/mol. The smallest absolute Gasteiger partial charge is 0.336 e. The van der Waals surface area contributed by atoms with Crippen molar-refractivity contribution in [2.75, 3.05) is 6.61 Å². The molecule has 1 N–H and O–H groups in total. The number of hydrogen-bond acceptors (Lipinski definition) is 3. The number of carboxylic acids is 1. The maximum atomic E-state index is 11.6. The molecule has 0 saturated heterocycles. The van der Waals surface area contributed by atoms with Gasteiger partial charge in [-0.3, -0.25) is 0 Å². The summed E-state index contributed by atoms with van der Waals surface area (Å²) in [5, 5.41) is 20.9. The molecule has 4 heteroatoms. The highest BCUT2D eigenvalue weighted by molar-refractivity contribution is 6.20. The zero-order chi connectivity index (χ0) is 15.2. The molecule has 4 nitrogen and oxygen atoms in total. The summed E-state index contributed by atoms with van der Waals surface area (Å²) < 4.78 is 5.24. The summed E-state index contributed by atoms with van der Waals surface area (Å²) >= 11 is 0. The SMILES string of the molecule is CCOc1cc(/C=C(\C(=O)O)c2ccccc2)ccc1[O-]. The number of ether oxygens (including phenoxy) is 1. The van der Waals surface area contributed by atoms with Crippen LogP contribution in [-0.2, 0) is 4.79 Å². The molecule has 2 rings (SSSR count). The van der Waals surface area contributed by atoms with Gasteiger partial charge in [0.1, 0.15) is 5.75 Å². The van der Waals surface area contributed by atoms with E-state index in [-0.39, 0.29) is 17.1 Å². The van der Waals surface area contributed by atoms with E-state index in [1.54, 1.807) is 43.3 Å². The van der Waals surface area contributed by atoms with Gasteiger partial charge < -0.3 is 14.9 Å². The first-order valence-electron chi connectivity index (χ1n) is 6.56. The third-order valence-corrected chi connectivity index (χ3v) is 2.89. The number of carbonyl (C=O) groups is 1. The van der Waals surface area contributed by atoms with Gasteiger partial charge in [-0.2, -0.15) is 0 Å².